The normalized spacial score (nSPS) is 11.1. The number of nitrogens with zero attached hydrogens (tertiary/aromatic N) is 2. The number of thiazole rings is 1. The van der Waals surface area contributed by atoms with Crippen molar-refractivity contribution in [1.29, 1.82) is 0 Å². The van der Waals surface area contributed by atoms with E-state index >= 15 is 0 Å². The maximum Gasteiger partial charge on any atom is 0.258 e. The molecule has 3 aromatic carbocycles. The molecule has 5 aromatic rings. The third kappa shape index (κ3) is 4.22. The maximum absolute atomic E-state index is 13.4. The number of hydrogen-bond acceptors (Lipinski definition) is 4. The van der Waals surface area contributed by atoms with Crippen molar-refractivity contribution in [3.8, 4) is 22.5 Å². The van der Waals surface area contributed by atoms with Gasteiger partial charge in [0, 0.05) is 21.9 Å². The lowest BCUT2D eigenvalue weighted by Gasteiger charge is -2.11. The number of benzene rings is 3. The van der Waals surface area contributed by atoms with Gasteiger partial charge in [-0.25, -0.2) is 9.97 Å². The summed E-state index contributed by atoms with van der Waals surface area (Å²) < 4.78 is 0. The van der Waals surface area contributed by atoms with Crippen LogP contribution in [0.25, 0.3) is 33.4 Å². The monoisotopic (exact) mass is 463 g/mol. The van der Waals surface area contributed by atoms with Gasteiger partial charge in [0.1, 0.15) is 0 Å². The lowest BCUT2D eigenvalue weighted by atomic mass is 9.99. The summed E-state index contributed by atoms with van der Waals surface area (Å²) in [6.45, 7) is 8.31. The van der Waals surface area contributed by atoms with Crippen LogP contribution in [0.4, 0.5) is 5.13 Å². The van der Waals surface area contributed by atoms with E-state index < -0.39 is 0 Å². The fourth-order valence-corrected chi connectivity index (χ4v) is 5.03. The number of amides is 1. The number of carbonyl (C=O) groups is 1. The van der Waals surface area contributed by atoms with E-state index in [2.05, 4.69) is 69.4 Å². The highest BCUT2D eigenvalue weighted by Crippen LogP contribution is 2.30. The number of hydrogen-bond donors (Lipinski definition) is 1. The second-order valence-electron chi connectivity index (χ2n) is 8.70. The van der Waals surface area contributed by atoms with Gasteiger partial charge in [-0.1, -0.05) is 65.7 Å². The number of aromatic nitrogens is 2. The lowest BCUT2D eigenvalue weighted by molar-refractivity contribution is 0.102. The minimum absolute atomic E-state index is 0.189. The summed E-state index contributed by atoms with van der Waals surface area (Å²) in [4.78, 5) is 23.0. The smallest absolute Gasteiger partial charge is 0.258 e. The molecule has 168 valence electrons. The molecule has 0 atom stereocenters. The van der Waals surface area contributed by atoms with Gasteiger partial charge in [0.15, 0.2) is 5.13 Å². The number of anilines is 1. The molecule has 0 saturated heterocycles. The molecule has 0 aliphatic heterocycles. The van der Waals surface area contributed by atoms with Crippen LogP contribution in [0.15, 0.2) is 72.1 Å². The average molecular weight is 464 g/mol. The van der Waals surface area contributed by atoms with E-state index in [1.807, 2.05) is 35.7 Å². The Labute approximate surface area is 203 Å². The van der Waals surface area contributed by atoms with Gasteiger partial charge < -0.3 is 0 Å². The Kier molecular flexibility index (Phi) is 5.72. The first kappa shape index (κ1) is 22.0. The molecule has 0 aliphatic rings. The summed E-state index contributed by atoms with van der Waals surface area (Å²) in [5, 5.41) is 6.40. The topological polar surface area (TPSA) is 54.9 Å². The van der Waals surface area contributed by atoms with Crippen LogP contribution < -0.4 is 5.32 Å². The predicted octanol–water partition coefficient (Wildman–Crippen LogP) is 7.51. The molecule has 34 heavy (non-hydrogen) atoms. The number of aryl methyl sites for hydroxylation is 4. The number of fused-ring (bicyclic) bond motifs is 1. The van der Waals surface area contributed by atoms with Crippen molar-refractivity contribution in [2.75, 3.05) is 5.32 Å². The molecule has 0 saturated carbocycles. The van der Waals surface area contributed by atoms with E-state index in [0.717, 1.165) is 39.0 Å². The minimum atomic E-state index is -0.189. The molecule has 4 nitrogen and oxygen atoms in total. The molecule has 0 bridgehead atoms. The van der Waals surface area contributed by atoms with Crippen molar-refractivity contribution < 1.29 is 4.79 Å². The summed E-state index contributed by atoms with van der Waals surface area (Å²) >= 11 is 1.43. The highest BCUT2D eigenvalue weighted by atomic mass is 32.1. The highest BCUT2D eigenvalue weighted by Gasteiger charge is 2.17. The Hall–Kier alpha value is -3.83. The van der Waals surface area contributed by atoms with Crippen LogP contribution >= 0.6 is 11.3 Å². The predicted molar refractivity (Wildman–Crippen MR) is 142 cm³/mol. The van der Waals surface area contributed by atoms with Gasteiger partial charge in [0.05, 0.1) is 22.5 Å². The van der Waals surface area contributed by atoms with Crippen LogP contribution in [0, 0.1) is 27.7 Å². The van der Waals surface area contributed by atoms with Crippen molar-refractivity contribution in [1.82, 2.24) is 9.97 Å². The Bertz CT molecular complexity index is 1550. The van der Waals surface area contributed by atoms with Crippen molar-refractivity contribution in [3.05, 3.63) is 99.9 Å². The van der Waals surface area contributed by atoms with Crippen LogP contribution in [-0.2, 0) is 0 Å². The van der Waals surface area contributed by atoms with E-state index in [1.54, 1.807) is 0 Å². The fourth-order valence-electron chi connectivity index (χ4n) is 4.32. The van der Waals surface area contributed by atoms with Gasteiger partial charge in [-0.05, 0) is 51.0 Å². The molecule has 2 heterocycles. The fraction of sp³-hybridized carbons (Fsp3) is 0.138. The molecule has 0 aliphatic carbocycles. The Balaban J connectivity index is 1.52. The van der Waals surface area contributed by atoms with Crippen LogP contribution in [0.2, 0.25) is 0 Å². The van der Waals surface area contributed by atoms with Crippen molar-refractivity contribution >= 4 is 33.3 Å². The summed E-state index contributed by atoms with van der Waals surface area (Å²) in [5.74, 6) is -0.189. The first-order chi connectivity index (χ1) is 16.4. The van der Waals surface area contributed by atoms with Gasteiger partial charge in [0.25, 0.3) is 5.91 Å². The minimum Gasteiger partial charge on any atom is -0.298 e. The third-order valence-electron chi connectivity index (χ3n) is 6.00. The first-order valence-electron chi connectivity index (χ1n) is 11.2. The van der Waals surface area contributed by atoms with Gasteiger partial charge in [-0.15, -0.1) is 11.3 Å². The second kappa shape index (κ2) is 8.84. The van der Waals surface area contributed by atoms with Gasteiger partial charge in [0.2, 0.25) is 0 Å². The van der Waals surface area contributed by atoms with E-state index in [-0.39, 0.29) is 5.91 Å². The van der Waals surface area contributed by atoms with E-state index in [9.17, 15) is 4.79 Å². The summed E-state index contributed by atoms with van der Waals surface area (Å²) in [7, 11) is 0. The quantitative estimate of drug-likeness (QED) is 0.300. The zero-order valence-corrected chi connectivity index (χ0v) is 20.5. The zero-order chi connectivity index (χ0) is 23.8. The Morgan fingerprint density at radius 3 is 2.09 bits per heavy atom. The van der Waals surface area contributed by atoms with Crippen molar-refractivity contribution in [2.45, 2.75) is 27.7 Å². The molecule has 1 N–H and O–H groups in total. The third-order valence-corrected chi connectivity index (χ3v) is 6.76. The van der Waals surface area contributed by atoms with Crippen LogP contribution in [-0.4, -0.2) is 15.9 Å². The standard InChI is InChI=1S/C29H25N3OS/c1-17-9-11-21(19(3)13-17)26-15-24(23-7-5-6-8-25(23)30-26)28(33)32-29-31-27(16-34-29)22-12-10-18(2)14-20(22)4/h5-16H,1-4H3,(H,31,32,33). The van der Waals surface area contributed by atoms with Gasteiger partial charge in [-0.2, -0.15) is 0 Å². The Morgan fingerprint density at radius 2 is 1.41 bits per heavy atom. The number of pyridine rings is 1. The largest absolute Gasteiger partial charge is 0.298 e. The SMILES string of the molecule is Cc1ccc(-c2csc(NC(=O)c3cc(-c4ccc(C)cc4C)nc4ccccc34)n2)c(C)c1. The summed E-state index contributed by atoms with van der Waals surface area (Å²) in [5.41, 5.74) is 9.85. The van der Waals surface area contributed by atoms with Crippen molar-refractivity contribution in [2.24, 2.45) is 0 Å². The molecule has 2 aromatic heterocycles. The molecule has 5 rings (SSSR count). The van der Waals surface area contributed by atoms with Crippen LogP contribution in [0.1, 0.15) is 32.6 Å². The molecule has 0 spiro atoms. The van der Waals surface area contributed by atoms with E-state index in [0.29, 0.717) is 10.7 Å². The number of nitrogens with one attached hydrogen (secondary N) is 1. The maximum atomic E-state index is 13.4. The molecular weight excluding hydrogens is 438 g/mol. The van der Waals surface area contributed by atoms with E-state index in [1.165, 1.54) is 28.0 Å². The molecule has 0 fully saturated rings. The first-order valence-corrected chi connectivity index (χ1v) is 12.1. The molecular formula is C29H25N3OS. The van der Waals surface area contributed by atoms with Crippen LogP contribution in [0.5, 0.6) is 0 Å². The summed E-state index contributed by atoms with van der Waals surface area (Å²) in [6.07, 6.45) is 0. The van der Waals surface area contributed by atoms with Crippen LogP contribution in [0.3, 0.4) is 0 Å². The zero-order valence-electron chi connectivity index (χ0n) is 19.6. The molecule has 1 amide bonds. The lowest BCUT2D eigenvalue weighted by Crippen LogP contribution is -2.13. The Morgan fingerprint density at radius 1 is 0.765 bits per heavy atom. The highest BCUT2D eigenvalue weighted by molar-refractivity contribution is 7.14. The summed E-state index contributed by atoms with van der Waals surface area (Å²) in [6, 6.07) is 22.2. The average Bonchev–Trinajstić information content (AvgIpc) is 3.26. The number of rotatable bonds is 4. The van der Waals surface area contributed by atoms with Gasteiger partial charge >= 0.3 is 0 Å². The number of carbonyl (C=O) groups excluding carboxylic acids is 1. The van der Waals surface area contributed by atoms with E-state index in [4.69, 9.17) is 9.97 Å². The molecule has 0 unspecified atom stereocenters. The number of para-hydroxylation sites is 1. The molecule has 5 heteroatoms. The van der Waals surface area contributed by atoms with Crippen molar-refractivity contribution in [3.63, 3.8) is 0 Å². The second-order valence-corrected chi connectivity index (χ2v) is 9.56. The molecule has 0 radical (unpaired) electrons. The van der Waals surface area contributed by atoms with Gasteiger partial charge in [-0.3, -0.25) is 10.1 Å².